The third-order valence-corrected chi connectivity index (χ3v) is 16.6. The minimum Gasteiger partial charge on any atom is -0.447 e. The number of rotatable bonds is 21. The average molecular weight is 712 g/mol. The van der Waals surface area contributed by atoms with Crippen LogP contribution in [0.4, 0.5) is 0 Å². The quantitative estimate of drug-likeness (QED) is 0.0999. The fourth-order valence-electron chi connectivity index (χ4n) is 4.50. The van der Waals surface area contributed by atoms with Crippen LogP contribution in [0.1, 0.15) is 93.5 Å². The van der Waals surface area contributed by atoms with E-state index in [1.165, 1.54) is 38.5 Å². The first-order valence-corrected chi connectivity index (χ1v) is 22.5. The van der Waals surface area contributed by atoms with Crippen LogP contribution in [-0.2, 0) is 0 Å². The zero-order valence-corrected chi connectivity index (χ0v) is 31.0. The summed E-state index contributed by atoms with van der Waals surface area (Å²) in [6.45, 7) is 17.4. The first kappa shape index (κ1) is 37.6. The van der Waals surface area contributed by atoms with Crippen LogP contribution >= 0.6 is 0 Å². The third kappa shape index (κ3) is 15.9. The van der Waals surface area contributed by atoms with Crippen LogP contribution in [0, 0.1) is 20.8 Å². The molecule has 3 rings (SSSR count). The number of aromatic amines is 2. The molecule has 0 amide bonds. The summed E-state index contributed by atoms with van der Waals surface area (Å²) < 4.78 is 5.04. The summed E-state index contributed by atoms with van der Waals surface area (Å²) in [5.74, 6) is 0. The van der Waals surface area contributed by atoms with Crippen molar-refractivity contribution in [3.05, 3.63) is 53.1 Å². The van der Waals surface area contributed by atoms with Crippen molar-refractivity contribution >= 4 is 38.4 Å². The van der Waals surface area contributed by atoms with Gasteiger partial charge in [-0.05, 0) is 26.5 Å². The van der Waals surface area contributed by atoms with Crippen molar-refractivity contribution in [3.63, 3.8) is 0 Å². The van der Waals surface area contributed by atoms with Crippen LogP contribution < -0.4 is 4.98 Å². The standard InChI is InChI=1S/C21H29N10.3C4H9.Sn/c1-16-19(28-13-25-16)10-22-4-7-31(8-5-23-11-20-17(2)26-14-29-20)9-6-24-12-21-18(3)27-15-30-21;3*1-3-4-2;/h10-15H,4-9H2,1-3H3,(H2-,25,26,27,28,29,30);3*1,3-4H2,2H3;/q-1;;;;+1. The minimum atomic E-state index is -0.839. The maximum atomic E-state index is 4.52. The molecule has 0 saturated carbocycles. The van der Waals surface area contributed by atoms with Gasteiger partial charge in [0.25, 0.3) is 0 Å². The molecule has 0 atom stereocenters. The van der Waals surface area contributed by atoms with E-state index in [0.717, 1.165) is 53.8 Å². The molecule has 2 N–H and O–H groups in total. The topological polar surface area (TPSA) is 125 Å². The van der Waals surface area contributed by atoms with E-state index in [1.807, 2.05) is 33.2 Å². The Morgan fingerprint density at radius 3 is 1.52 bits per heavy atom. The zero-order chi connectivity index (χ0) is 31.8. The Morgan fingerprint density at radius 1 is 0.705 bits per heavy atom. The van der Waals surface area contributed by atoms with Gasteiger partial charge in [0.05, 0.1) is 32.3 Å². The van der Waals surface area contributed by atoms with Crippen molar-refractivity contribution in [2.75, 3.05) is 39.3 Å². The van der Waals surface area contributed by atoms with Gasteiger partial charge in [0.1, 0.15) is 11.4 Å². The molecule has 242 valence electrons. The van der Waals surface area contributed by atoms with Crippen molar-refractivity contribution in [2.45, 2.75) is 93.4 Å². The number of hydrogen-bond donors (Lipinski definition) is 2. The van der Waals surface area contributed by atoms with Crippen LogP contribution in [0.25, 0.3) is 0 Å². The molecule has 0 bridgehead atoms. The van der Waals surface area contributed by atoms with Gasteiger partial charge in [-0.25, -0.2) is 9.97 Å². The fraction of sp³-hybridized carbons (Fsp3) is 0.636. The molecular weight excluding hydrogens is 655 g/mol. The zero-order valence-electron chi connectivity index (χ0n) is 28.1. The van der Waals surface area contributed by atoms with Gasteiger partial charge < -0.3 is 19.9 Å². The molecule has 0 aliphatic heterocycles. The van der Waals surface area contributed by atoms with E-state index in [0.29, 0.717) is 19.6 Å². The molecule has 3 aromatic rings. The van der Waals surface area contributed by atoms with Crippen LogP contribution in [0.15, 0.2) is 34.0 Å². The first-order valence-electron chi connectivity index (χ1n) is 16.5. The Bertz CT molecular complexity index is 1060. The van der Waals surface area contributed by atoms with Crippen LogP contribution in [0.5, 0.6) is 0 Å². The summed E-state index contributed by atoms with van der Waals surface area (Å²) >= 11 is -0.839. The normalized spacial score (nSPS) is 11.8. The van der Waals surface area contributed by atoms with E-state index < -0.39 is 19.8 Å². The Hall–Kier alpha value is -2.60. The number of aryl methyl sites for hydroxylation is 3. The van der Waals surface area contributed by atoms with E-state index in [9.17, 15) is 0 Å². The van der Waals surface area contributed by atoms with Crippen molar-refractivity contribution in [1.82, 2.24) is 34.8 Å². The third-order valence-electron chi connectivity index (χ3n) is 7.49. The number of hydrogen-bond acceptors (Lipinski definition) is 7. The van der Waals surface area contributed by atoms with Crippen LogP contribution in [0.2, 0.25) is 13.3 Å². The maximum Gasteiger partial charge on any atom is 0.101 e. The van der Waals surface area contributed by atoms with Gasteiger partial charge >= 0.3 is 92.4 Å². The smallest absolute Gasteiger partial charge is 0.101 e. The number of H-pyrrole nitrogens is 2. The molecule has 0 radical (unpaired) electrons. The average Bonchev–Trinajstić information content (AvgIpc) is 3.76. The van der Waals surface area contributed by atoms with Crippen molar-refractivity contribution in [1.29, 1.82) is 0 Å². The summed E-state index contributed by atoms with van der Waals surface area (Å²) in [6, 6.07) is 0. The van der Waals surface area contributed by atoms with Gasteiger partial charge in [0, 0.05) is 49.7 Å². The number of imidazole rings is 3. The molecule has 0 aliphatic rings. The molecule has 0 saturated heterocycles. The molecular formula is C33H56N10Sn. The van der Waals surface area contributed by atoms with Gasteiger partial charge in [-0.2, -0.15) is 0 Å². The maximum absolute atomic E-state index is 4.52. The second kappa shape index (κ2) is 23.7. The Labute approximate surface area is 273 Å². The van der Waals surface area contributed by atoms with Gasteiger partial charge in [-0.15, -0.1) is 0 Å². The molecule has 44 heavy (non-hydrogen) atoms. The summed E-state index contributed by atoms with van der Waals surface area (Å²) in [7, 11) is 0. The summed E-state index contributed by atoms with van der Waals surface area (Å²) in [4.78, 5) is 38.8. The number of nitrogens with one attached hydrogen (secondary N) is 2. The van der Waals surface area contributed by atoms with Crippen molar-refractivity contribution < 1.29 is 0 Å². The van der Waals surface area contributed by atoms with Gasteiger partial charge in [0.15, 0.2) is 0 Å². The SMILES string of the molecule is CCC[CH2][Sn+]([CH2]CCC)[CH2]CCC.Cc1nc[n-]c1C=NCCN(CCN=Cc1nc[nH]c1C)CCN=Cc1nc[nH]c1C. The monoisotopic (exact) mass is 712 g/mol. The largest absolute Gasteiger partial charge is 0.447 e. The van der Waals surface area contributed by atoms with E-state index in [2.05, 4.69) is 70.6 Å². The molecule has 3 aromatic heterocycles. The van der Waals surface area contributed by atoms with E-state index in [4.69, 9.17) is 0 Å². The Kier molecular flexibility index (Phi) is 20.3. The van der Waals surface area contributed by atoms with Gasteiger partial charge in [0.2, 0.25) is 0 Å². The number of aromatic nitrogens is 6. The fourth-order valence-corrected chi connectivity index (χ4v) is 14.0. The van der Waals surface area contributed by atoms with Crippen molar-refractivity contribution in [2.24, 2.45) is 15.0 Å². The Balaban J connectivity index is 0.000000439. The number of unbranched alkanes of at least 4 members (excludes halogenated alkanes) is 3. The molecule has 0 unspecified atom stereocenters. The molecule has 0 fully saturated rings. The summed E-state index contributed by atoms with van der Waals surface area (Å²) in [6.07, 6.45) is 19.2. The summed E-state index contributed by atoms with van der Waals surface area (Å²) in [5, 5.41) is 0. The Morgan fingerprint density at radius 2 is 1.16 bits per heavy atom. The molecule has 3 heterocycles. The molecule has 0 aromatic carbocycles. The van der Waals surface area contributed by atoms with Crippen LogP contribution in [-0.4, -0.2) is 107 Å². The second-order valence-electron chi connectivity index (χ2n) is 11.2. The number of aliphatic imine (C=N–C) groups is 3. The molecule has 11 heteroatoms. The first-order chi connectivity index (χ1) is 21.5. The van der Waals surface area contributed by atoms with E-state index >= 15 is 0 Å². The molecule has 10 nitrogen and oxygen atoms in total. The van der Waals surface area contributed by atoms with Gasteiger partial charge in [-0.1, -0.05) is 12.0 Å². The minimum absolute atomic E-state index is 0.677. The van der Waals surface area contributed by atoms with Crippen molar-refractivity contribution in [3.8, 4) is 0 Å². The predicted octanol–water partition coefficient (Wildman–Crippen LogP) is 6.25. The van der Waals surface area contributed by atoms with E-state index in [-0.39, 0.29) is 0 Å². The van der Waals surface area contributed by atoms with E-state index in [1.54, 1.807) is 38.5 Å². The molecule has 0 spiro atoms. The summed E-state index contributed by atoms with van der Waals surface area (Å²) in [5.41, 5.74) is 5.51. The van der Waals surface area contributed by atoms with Crippen LogP contribution in [0.3, 0.4) is 0 Å². The predicted molar refractivity (Wildman–Crippen MR) is 188 cm³/mol. The molecule has 0 aliphatic carbocycles. The van der Waals surface area contributed by atoms with Gasteiger partial charge in [-0.3, -0.25) is 19.9 Å². The second-order valence-corrected chi connectivity index (χ2v) is 19.7. The number of nitrogens with zero attached hydrogens (tertiary/aromatic N) is 8.